The van der Waals surface area contributed by atoms with Gasteiger partial charge in [-0.3, -0.25) is 4.79 Å². The van der Waals surface area contributed by atoms with Crippen molar-refractivity contribution in [3.8, 4) is 0 Å². The van der Waals surface area contributed by atoms with E-state index in [-0.39, 0.29) is 17.3 Å². The number of benzene rings is 2. The minimum atomic E-state index is -3.78. The van der Waals surface area contributed by atoms with Gasteiger partial charge in [0.1, 0.15) is 0 Å². The smallest absolute Gasteiger partial charge is 0.238 e. The zero-order valence-electron chi connectivity index (χ0n) is 11.8. The molecule has 0 radical (unpaired) electrons. The van der Waals surface area contributed by atoms with E-state index < -0.39 is 10.0 Å². The van der Waals surface area contributed by atoms with E-state index in [1.165, 1.54) is 18.2 Å². The summed E-state index contributed by atoms with van der Waals surface area (Å²) in [6.07, 6.45) is 0. The van der Waals surface area contributed by atoms with E-state index in [4.69, 9.17) is 5.14 Å². The number of sulfonamides is 1. The van der Waals surface area contributed by atoms with Gasteiger partial charge in [-0.2, -0.15) is 0 Å². The van der Waals surface area contributed by atoms with Crippen molar-refractivity contribution < 1.29 is 13.2 Å². The molecule has 0 saturated carbocycles. The molecule has 2 aromatic rings. The van der Waals surface area contributed by atoms with E-state index >= 15 is 0 Å². The van der Waals surface area contributed by atoms with Crippen LogP contribution in [-0.2, 0) is 21.4 Å². The Bertz CT molecular complexity index is 746. The number of carbonyl (C=O) groups excluding carboxylic acids is 1. The molecule has 22 heavy (non-hydrogen) atoms. The molecule has 0 aromatic heterocycles. The summed E-state index contributed by atoms with van der Waals surface area (Å²) in [6, 6.07) is 15.5. The van der Waals surface area contributed by atoms with Crippen molar-refractivity contribution in [3.63, 3.8) is 0 Å². The van der Waals surface area contributed by atoms with Crippen LogP contribution in [0.2, 0.25) is 0 Å². The van der Waals surface area contributed by atoms with Gasteiger partial charge < -0.3 is 10.6 Å². The predicted molar refractivity (Wildman–Crippen MR) is 84.6 cm³/mol. The number of hydrogen-bond donors (Lipinski definition) is 3. The summed E-state index contributed by atoms with van der Waals surface area (Å²) < 4.78 is 22.5. The molecular weight excluding hydrogens is 302 g/mol. The predicted octanol–water partition coefficient (Wildman–Crippen LogP) is 1.06. The molecule has 1 amide bonds. The van der Waals surface area contributed by atoms with E-state index in [2.05, 4.69) is 10.6 Å². The highest BCUT2D eigenvalue weighted by atomic mass is 32.2. The first-order chi connectivity index (χ1) is 10.4. The van der Waals surface area contributed by atoms with Crippen LogP contribution in [-0.4, -0.2) is 20.9 Å². The number of nitrogens with one attached hydrogen (secondary N) is 2. The zero-order valence-corrected chi connectivity index (χ0v) is 12.6. The maximum atomic E-state index is 11.8. The molecule has 0 aliphatic carbocycles. The molecule has 0 fully saturated rings. The minimum absolute atomic E-state index is 0.0393. The van der Waals surface area contributed by atoms with Crippen LogP contribution >= 0.6 is 0 Å². The molecule has 7 heteroatoms. The molecule has 0 bridgehead atoms. The van der Waals surface area contributed by atoms with Crippen LogP contribution in [0, 0.1) is 0 Å². The molecular formula is C15H17N3O3S. The Hall–Kier alpha value is -2.22. The van der Waals surface area contributed by atoms with Crippen molar-refractivity contribution in [2.45, 2.75) is 11.4 Å². The van der Waals surface area contributed by atoms with Crippen LogP contribution in [0.15, 0.2) is 59.5 Å². The highest BCUT2D eigenvalue weighted by Gasteiger charge is 2.09. The molecule has 0 heterocycles. The van der Waals surface area contributed by atoms with Crippen molar-refractivity contribution in [1.29, 1.82) is 0 Å². The van der Waals surface area contributed by atoms with Crippen molar-refractivity contribution in [1.82, 2.24) is 5.32 Å². The number of nitrogens with two attached hydrogens (primary N) is 1. The Balaban J connectivity index is 1.87. The molecule has 0 saturated heterocycles. The molecule has 6 nitrogen and oxygen atoms in total. The third-order valence-electron chi connectivity index (χ3n) is 2.90. The summed E-state index contributed by atoms with van der Waals surface area (Å²) >= 11 is 0. The first-order valence-electron chi connectivity index (χ1n) is 6.62. The topological polar surface area (TPSA) is 101 Å². The summed E-state index contributed by atoms with van der Waals surface area (Å²) in [4.78, 5) is 11.8. The van der Waals surface area contributed by atoms with E-state index in [1.54, 1.807) is 6.07 Å². The zero-order chi connectivity index (χ0) is 16.0. The number of amides is 1. The van der Waals surface area contributed by atoms with Crippen LogP contribution in [0.25, 0.3) is 0 Å². The van der Waals surface area contributed by atoms with E-state index in [9.17, 15) is 13.2 Å². The highest BCUT2D eigenvalue weighted by molar-refractivity contribution is 7.89. The number of hydrogen-bond acceptors (Lipinski definition) is 4. The van der Waals surface area contributed by atoms with Gasteiger partial charge in [-0.05, 0) is 23.8 Å². The molecule has 4 N–H and O–H groups in total. The van der Waals surface area contributed by atoms with Gasteiger partial charge in [0.15, 0.2) is 0 Å². The summed E-state index contributed by atoms with van der Waals surface area (Å²) in [6.45, 7) is 0.694. The van der Waals surface area contributed by atoms with Crippen molar-refractivity contribution in [2.24, 2.45) is 5.14 Å². The second-order valence-electron chi connectivity index (χ2n) is 4.71. The summed E-state index contributed by atoms with van der Waals surface area (Å²) in [7, 11) is -3.78. The van der Waals surface area contributed by atoms with Gasteiger partial charge in [-0.15, -0.1) is 0 Å². The Kier molecular flexibility index (Phi) is 5.26. The molecule has 2 aromatic carbocycles. The van der Waals surface area contributed by atoms with Crippen LogP contribution < -0.4 is 15.8 Å². The van der Waals surface area contributed by atoms with Crippen LogP contribution in [0.4, 0.5) is 5.69 Å². The second kappa shape index (κ2) is 7.17. The molecule has 0 atom stereocenters. The lowest BCUT2D eigenvalue weighted by Gasteiger charge is -2.08. The Morgan fingerprint density at radius 3 is 2.45 bits per heavy atom. The lowest BCUT2D eigenvalue weighted by molar-refractivity contribution is -0.115. The average molecular weight is 319 g/mol. The van der Waals surface area contributed by atoms with Gasteiger partial charge in [-0.1, -0.05) is 36.4 Å². The summed E-state index contributed by atoms with van der Waals surface area (Å²) in [5.41, 5.74) is 1.46. The number of anilines is 1. The van der Waals surface area contributed by atoms with Crippen molar-refractivity contribution in [3.05, 3.63) is 60.2 Å². The molecule has 0 aliphatic rings. The summed E-state index contributed by atoms with van der Waals surface area (Å²) in [5.74, 6) is -0.262. The Morgan fingerprint density at radius 1 is 1.05 bits per heavy atom. The monoisotopic (exact) mass is 319 g/mol. The Morgan fingerprint density at radius 2 is 1.77 bits per heavy atom. The molecule has 0 unspecified atom stereocenters. The van der Waals surface area contributed by atoms with E-state index in [0.29, 0.717) is 12.2 Å². The number of rotatable bonds is 6. The fourth-order valence-corrected chi connectivity index (χ4v) is 2.43. The van der Waals surface area contributed by atoms with Gasteiger partial charge in [0.05, 0.1) is 11.4 Å². The fraction of sp³-hybridized carbons (Fsp3) is 0.133. The number of primary sulfonamides is 1. The fourth-order valence-electron chi connectivity index (χ4n) is 1.87. The Labute approximate surface area is 129 Å². The maximum Gasteiger partial charge on any atom is 0.238 e. The van der Waals surface area contributed by atoms with Gasteiger partial charge >= 0.3 is 0 Å². The first kappa shape index (κ1) is 16.2. The minimum Gasteiger partial charge on any atom is -0.325 e. The normalized spacial score (nSPS) is 11.1. The third kappa shape index (κ3) is 4.96. The van der Waals surface area contributed by atoms with Gasteiger partial charge in [0.2, 0.25) is 15.9 Å². The van der Waals surface area contributed by atoms with Crippen molar-refractivity contribution >= 4 is 21.6 Å². The van der Waals surface area contributed by atoms with Gasteiger partial charge in [-0.25, -0.2) is 13.6 Å². The first-order valence-corrected chi connectivity index (χ1v) is 8.17. The molecule has 0 spiro atoms. The maximum absolute atomic E-state index is 11.8. The van der Waals surface area contributed by atoms with Crippen LogP contribution in [0.5, 0.6) is 0 Å². The summed E-state index contributed by atoms with van der Waals surface area (Å²) in [5, 5.41) is 10.7. The largest absolute Gasteiger partial charge is 0.325 e. The standard InChI is InChI=1S/C15H17N3O3S/c16-22(20,21)14-8-4-7-13(9-14)18-15(19)11-17-10-12-5-2-1-3-6-12/h1-9,17H,10-11H2,(H,18,19)(H2,16,20,21). The molecule has 116 valence electrons. The lowest BCUT2D eigenvalue weighted by atomic mass is 10.2. The number of carbonyl (C=O) groups is 1. The lowest BCUT2D eigenvalue weighted by Crippen LogP contribution is -2.27. The SMILES string of the molecule is NS(=O)(=O)c1cccc(NC(=O)CNCc2ccccc2)c1. The van der Waals surface area contributed by atoms with Crippen LogP contribution in [0.1, 0.15) is 5.56 Å². The van der Waals surface area contributed by atoms with Gasteiger partial charge in [0, 0.05) is 12.2 Å². The van der Waals surface area contributed by atoms with Crippen LogP contribution in [0.3, 0.4) is 0 Å². The second-order valence-corrected chi connectivity index (χ2v) is 6.27. The average Bonchev–Trinajstić information content (AvgIpc) is 2.48. The quantitative estimate of drug-likeness (QED) is 0.741. The molecule has 2 rings (SSSR count). The van der Waals surface area contributed by atoms with E-state index in [0.717, 1.165) is 5.56 Å². The van der Waals surface area contributed by atoms with Gasteiger partial charge in [0.25, 0.3) is 0 Å². The van der Waals surface area contributed by atoms with E-state index in [1.807, 2.05) is 30.3 Å². The molecule has 0 aliphatic heterocycles. The highest BCUT2D eigenvalue weighted by Crippen LogP contribution is 2.13. The third-order valence-corrected chi connectivity index (χ3v) is 3.81. The van der Waals surface area contributed by atoms with Crippen molar-refractivity contribution in [2.75, 3.05) is 11.9 Å².